The van der Waals surface area contributed by atoms with E-state index in [0.717, 1.165) is 57.3 Å². The van der Waals surface area contributed by atoms with Crippen LogP contribution in [0.2, 0.25) is 0 Å². The Kier molecular flexibility index (Phi) is 8.91. The highest BCUT2D eigenvalue weighted by molar-refractivity contribution is 5.06. The highest BCUT2D eigenvalue weighted by Gasteiger charge is 2.40. The van der Waals surface area contributed by atoms with E-state index in [9.17, 15) is 15.3 Å². The molecule has 0 aromatic heterocycles. The van der Waals surface area contributed by atoms with E-state index in [-0.39, 0.29) is 18.4 Å². The fourth-order valence-electron chi connectivity index (χ4n) is 4.60. The maximum Gasteiger partial charge on any atom is 0.0749 e. The van der Waals surface area contributed by atoms with Gasteiger partial charge in [-0.25, -0.2) is 0 Å². The predicted molar refractivity (Wildman–Crippen MR) is 100 cm³/mol. The first-order valence-electron chi connectivity index (χ1n) is 10.4. The topological polar surface area (TPSA) is 80.9 Å². The van der Waals surface area contributed by atoms with Crippen LogP contribution in [0, 0.1) is 23.7 Å². The van der Waals surface area contributed by atoms with Crippen LogP contribution in [0.3, 0.4) is 0 Å². The number of unbranched alkanes of at least 4 members (excludes halogenated alkanes) is 4. The maximum atomic E-state index is 10.3. The zero-order valence-corrected chi connectivity index (χ0v) is 15.8. The van der Waals surface area contributed by atoms with Crippen LogP contribution < -0.4 is 0 Å². The van der Waals surface area contributed by atoms with Crippen molar-refractivity contribution in [2.24, 2.45) is 23.7 Å². The first-order valence-corrected chi connectivity index (χ1v) is 10.4. The maximum absolute atomic E-state index is 10.3. The molecule has 0 bridgehead atoms. The molecule has 0 aliphatic heterocycles. The van der Waals surface area contributed by atoms with Crippen LogP contribution in [-0.4, -0.2) is 45.3 Å². The summed E-state index contributed by atoms with van der Waals surface area (Å²) in [6.07, 6.45) is 12.5. The molecule has 0 aromatic rings. The van der Waals surface area contributed by atoms with Gasteiger partial charge in [0.1, 0.15) is 0 Å². The summed E-state index contributed by atoms with van der Waals surface area (Å²) in [6, 6.07) is 0. The SMILES string of the molecule is CCC1CC([C@H](O)/C=C/[C@@H]2[C@@H](CCCCCCCO)[C@H](O)C[C@H]2O)C1. The third-order valence-electron chi connectivity index (χ3n) is 6.47. The summed E-state index contributed by atoms with van der Waals surface area (Å²) in [5.41, 5.74) is 0. The lowest BCUT2D eigenvalue weighted by molar-refractivity contribution is 0.0558. The van der Waals surface area contributed by atoms with Gasteiger partial charge in [-0.15, -0.1) is 0 Å². The van der Waals surface area contributed by atoms with Crippen molar-refractivity contribution in [3.8, 4) is 0 Å². The minimum absolute atomic E-state index is 0.0378. The van der Waals surface area contributed by atoms with E-state index in [1.165, 1.54) is 6.42 Å². The van der Waals surface area contributed by atoms with Gasteiger partial charge in [0.15, 0.2) is 0 Å². The third kappa shape index (κ3) is 6.06. The molecule has 0 spiro atoms. The Morgan fingerprint density at radius 3 is 2.32 bits per heavy atom. The Morgan fingerprint density at radius 1 is 0.960 bits per heavy atom. The normalized spacial score (nSPS) is 36.7. The first-order chi connectivity index (χ1) is 12.1. The van der Waals surface area contributed by atoms with Gasteiger partial charge in [0.25, 0.3) is 0 Å². The van der Waals surface area contributed by atoms with Gasteiger partial charge in [-0.1, -0.05) is 51.2 Å². The van der Waals surface area contributed by atoms with E-state index < -0.39 is 18.3 Å². The van der Waals surface area contributed by atoms with Crippen LogP contribution in [0.25, 0.3) is 0 Å². The summed E-state index contributed by atoms with van der Waals surface area (Å²) in [5.74, 6) is 1.20. The highest BCUT2D eigenvalue weighted by atomic mass is 16.3. The standard InChI is InChI=1S/C21H38O4/c1-2-15-12-16(13-15)19(23)10-9-18-17(20(24)14-21(18)25)8-6-4-3-5-7-11-22/h9-10,15-25H,2-8,11-14H2,1H3/b10-9+/t15?,16?,17-,18-,19-,20-,21-/m1/s1. The smallest absolute Gasteiger partial charge is 0.0749 e. The van der Waals surface area contributed by atoms with Crippen molar-refractivity contribution in [2.75, 3.05) is 6.61 Å². The second-order valence-corrected chi connectivity index (χ2v) is 8.27. The summed E-state index contributed by atoms with van der Waals surface area (Å²) in [5, 5.41) is 39.7. The molecule has 2 fully saturated rings. The molecule has 0 radical (unpaired) electrons. The molecule has 2 aliphatic rings. The zero-order valence-electron chi connectivity index (χ0n) is 15.8. The number of rotatable bonds is 11. The third-order valence-corrected chi connectivity index (χ3v) is 6.47. The molecule has 0 heterocycles. The van der Waals surface area contributed by atoms with Gasteiger partial charge < -0.3 is 20.4 Å². The van der Waals surface area contributed by atoms with Crippen molar-refractivity contribution in [2.45, 2.75) is 89.4 Å². The molecule has 2 saturated carbocycles. The molecular weight excluding hydrogens is 316 g/mol. The molecule has 5 atom stereocenters. The van der Waals surface area contributed by atoms with Crippen LogP contribution in [0.1, 0.15) is 71.1 Å². The van der Waals surface area contributed by atoms with Crippen molar-refractivity contribution < 1.29 is 20.4 Å². The van der Waals surface area contributed by atoms with Crippen molar-refractivity contribution in [3.63, 3.8) is 0 Å². The number of aliphatic hydroxyl groups is 4. The van der Waals surface area contributed by atoms with Crippen molar-refractivity contribution >= 4 is 0 Å². The van der Waals surface area contributed by atoms with E-state index in [0.29, 0.717) is 12.3 Å². The molecule has 0 amide bonds. The largest absolute Gasteiger partial charge is 0.396 e. The number of hydrogen-bond acceptors (Lipinski definition) is 4. The van der Waals surface area contributed by atoms with Crippen molar-refractivity contribution in [1.82, 2.24) is 0 Å². The molecule has 4 heteroatoms. The summed E-state index contributed by atoms with van der Waals surface area (Å²) < 4.78 is 0. The van der Waals surface area contributed by atoms with Gasteiger partial charge in [0.05, 0.1) is 18.3 Å². The average Bonchev–Trinajstić information content (AvgIpc) is 2.81. The van der Waals surface area contributed by atoms with E-state index in [1.54, 1.807) is 0 Å². The Balaban J connectivity index is 1.77. The molecule has 2 aliphatic carbocycles. The molecule has 2 rings (SSSR count). The monoisotopic (exact) mass is 354 g/mol. The van der Waals surface area contributed by atoms with Gasteiger partial charge >= 0.3 is 0 Å². The van der Waals surface area contributed by atoms with Crippen LogP contribution in [-0.2, 0) is 0 Å². The van der Waals surface area contributed by atoms with E-state index in [2.05, 4.69) is 6.92 Å². The zero-order chi connectivity index (χ0) is 18.2. The van der Waals surface area contributed by atoms with Gasteiger partial charge in [0, 0.05) is 18.9 Å². The minimum Gasteiger partial charge on any atom is -0.396 e. The molecule has 25 heavy (non-hydrogen) atoms. The van der Waals surface area contributed by atoms with Gasteiger partial charge in [0.2, 0.25) is 0 Å². The Labute approximate surface area is 153 Å². The summed E-state index contributed by atoms with van der Waals surface area (Å²) in [7, 11) is 0. The van der Waals surface area contributed by atoms with Crippen molar-refractivity contribution in [3.05, 3.63) is 12.2 Å². The minimum atomic E-state index is -0.498. The molecule has 4 nitrogen and oxygen atoms in total. The molecule has 0 unspecified atom stereocenters. The number of hydrogen-bond donors (Lipinski definition) is 4. The molecular formula is C21H38O4. The van der Waals surface area contributed by atoms with E-state index in [1.807, 2.05) is 12.2 Å². The van der Waals surface area contributed by atoms with Crippen LogP contribution in [0.4, 0.5) is 0 Å². The quantitative estimate of drug-likeness (QED) is 0.340. The lowest BCUT2D eigenvalue weighted by Gasteiger charge is -2.37. The van der Waals surface area contributed by atoms with Gasteiger partial charge in [-0.05, 0) is 43.4 Å². The Hall–Kier alpha value is -0.420. The Bertz CT molecular complexity index is 391. The fraction of sp³-hybridized carbons (Fsp3) is 0.905. The molecule has 146 valence electrons. The lowest BCUT2D eigenvalue weighted by atomic mass is 9.70. The van der Waals surface area contributed by atoms with Crippen LogP contribution in [0.15, 0.2) is 12.2 Å². The highest BCUT2D eigenvalue weighted by Crippen LogP contribution is 2.40. The summed E-state index contributed by atoms with van der Waals surface area (Å²) >= 11 is 0. The van der Waals surface area contributed by atoms with Crippen molar-refractivity contribution in [1.29, 1.82) is 0 Å². The molecule has 4 N–H and O–H groups in total. The summed E-state index contributed by atoms with van der Waals surface area (Å²) in [6.45, 7) is 2.47. The predicted octanol–water partition coefficient (Wildman–Crippen LogP) is 3.03. The average molecular weight is 355 g/mol. The molecule has 0 saturated heterocycles. The lowest BCUT2D eigenvalue weighted by Crippen LogP contribution is -2.32. The number of aliphatic hydroxyl groups excluding tert-OH is 4. The van der Waals surface area contributed by atoms with E-state index in [4.69, 9.17) is 5.11 Å². The van der Waals surface area contributed by atoms with Gasteiger partial charge in [-0.2, -0.15) is 0 Å². The van der Waals surface area contributed by atoms with Crippen LogP contribution >= 0.6 is 0 Å². The second-order valence-electron chi connectivity index (χ2n) is 8.27. The van der Waals surface area contributed by atoms with E-state index >= 15 is 0 Å². The van der Waals surface area contributed by atoms with Gasteiger partial charge in [-0.3, -0.25) is 0 Å². The second kappa shape index (κ2) is 10.7. The fourth-order valence-corrected chi connectivity index (χ4v) is 4.60. The Morgan fingerprint density at radius 2 is 1.64 bits per heavy atom. The summed E-state index contributed by atoms with van der Waals surface area (Å²) in [4.78, 5) is 0. The molecule has 0 aromatic carbocycles. The first kappa shape index (κ1) is 20.9. The van der Waals surface area contributed by atoms with Crippen LogP contribution in [0.5, 0.6) is 0 Å².